The van der Waals surface area contributed by atoms with Crippen molar-refractivity contribution in [3.63, 3.8) is 0 Å². The Kier molecular flexibility index (Phi) is 4.57. The average Bonchev–Trinajstić information content (AvgIpc) is 2.28. The largest absolute Gasteiger partial charge is 0.490 e. The van der Waals surface area contributed by atoms with Gasteiger partial charge in [-0.2, -0.15) is 11.8 Å². The van der Waals surface area contributed by atoms with Gasteiger partial charge >= 0.3 is 0 Å². The van der Waals surface area contributed by atoms with E-state index in [0.29, 0.717) is 6.10 Å². The van der Waals surface area contributed by atoms with E-state index in [2.05, 4.69) is 38.1 Å². The molecule has 1 aliphatic rings. The molecule has 0 aliphatic carbocycles. The zero-order valence-corrected chi connectivity index (χ0v) is 12.1. The smallest absolute Gasteiger partial charge is 0.119 e. The van der Waals surface area contributed by atoms with Crippen molar-refractivity contribution in [1.82, 2.24) is 0 Å². The molecule has 0 radical (unpaired) electrons. The lowest BCUT2D eigenvalue weighted by Crippen LogP contribution is -2.34. The zero-order valence-electron chi connectivity index (χ0n) is 11.3. The summed E-state index contributed by atoms with van der Waals surface area (Å²) >= 11 is 2.02. The van der Waals surface area contributed by atoms with E-state index in [1.807, 2.05) is 11.8 Å². The minimum absolute atomic E-state index is 0.167. The van der Waals surface area contributed by atoms with Gasteiger partial charge in [0.05, 0.1) is 0 Å². The Bertz CT molecular complexity index is 380. The molecule has 1 saturated heterocycles. The van der Waals surface area contributed by atoms with Gasteiger partial charge in [0.15, 0.2) is 0 Å². The lowest BCUT2D eigenvalue weighted by Gasteiger charge is -2.23. The summed E-state index contributed by atoms with van der Waals surface area (Å²) in [5, 5.41) is 0. The summed E-state index contributed by atoms with van der Waals surface area (Å²) < 4.78 is 6.06. The van der Waals surface area contributed by atoms with E-state index in [1.165, 1.54) is 17.1 Å². The topological polar surface area (TPSA) is 35.2 Å². The summed E-state index contributed by atoms with van der Waals surface area (Å²) in [6.45, 7) is 4.11. The third-order valence-corrected chi connectivity index (χ3v) is 4.08. The van der Waals surface area contributed by atoms with E-state index < -0.39 is 0 Å². The average molecular weight is 265 g/mol. The monoisotopic (exact) mass is 265 g/mol. The summed E-state index contributed by atoms with van der Waals surface area (Å²) in [4.78, 5) is 0. The maximum Gasteiger partial charge on any atom is 0.119 e. The molecule has 0 saturated carbocycles. The van der Waals surface area contributed by atoms with Crippen LogP contribution in [0.25, 0.3) is 0 Å². The molecule has 1 aliphatic heterocycles. The fraction of sp³-hybridized carbons (Fsp3) is 0.600. The molecule has 0 bridgehead atoms. The Hall–Kier alpha value is -0.670. The van der Waals surface area contributed by atoms with E-state index in [9.17, 15) is 0 Å². The molecule has 2 rings (SSSR count). The van der Waals surface area contributed by atoms with Crippen LogP contribution in [0, 0.1) is 0 Å². The SMILES string of the molecule is CC(C)(N)Cc1cccc(OC2CCSCC2)c1. The molecule has 100 valence electrons. The summed E-state index contributed by atoms with van der Waals surface area (Å²) in [6, 6.07) is 8.37. The molecule has 0 atom stereocenters. The first-order valence-electron chi connectivity index (χ1n) is 6.65. The van der Waals surface area contributed by atoms with Crippen LogP contribution in [0.15, 0.2) is 24.3 Å². The van der Waals surface area contributed by atoms with Gasteiger partial charge in [-0.25, -0.2) is 0 Å². The lowest BCUT2D eigenvalue weighted by molar-refractivity contribution is 0.192. The zero-order chi connectivity index (χ0) is 13.0. The van der Waals surface area contributed by atoms with E-state index in [-0.39, 0.29) is 5.54 Å². The summed E-state index contributed by atoms with van der Waals surface area (Å²) in [6.07, 6.45) is 3.60. The van der Waals surface area contributed by atoms with Crippen molar-refractivity contribution in [3.8, 4) is 5.75 Å². The van der Waals surface area contributed by atoms with Crippen LogP contribution in [-0.2, 0) is 6.42 Å². The number of rotatable bonds is 4. The third kappa shape index (κ3) is 4.54. The van der Waals surface area contributed by atoms with Crippen LogP contribution in [0.1, 0.15) is 32.3 Å². The highest BCUT2D eigenvalue weighted by molar-refractivity contribution is 7.99. The number of benzene rings is 1. The molecular formula is C15H23NOS. The van der Waals surface area contributed by atoms with Crippen molar-refractivity contribution in [2.24, 2.45) is 5.73 Å². The van der Waals surface area contributed by atoms with E-state index >= 15 is 0 Å². The maximum atomic E-state index is 6.06. The van der Waals surface area contributed by atoms with Gasteiger partial charge in [-0.15, -0.1) is 0 Å². The Balaban J connectivity index is 1.98. The van der Waals surface area contributed by atoms with E-state index in [1.54, 1.807) is 0 Å². The van der Waals surface area contributed by atoms with Crippen LogP contribution in [0.2, 0.25) is 0 Å². The highest BCUT2D eigenvalue weighted by Gasteiger charge is 2.16. The molecule has 1 heterocycles. The van der Waals surface area contributed by atoms with Crippen molar-refractivity contribution in [1.29, 1.82) is 0 Å². The first-order valence-corrected chi connectivity index (χ1v) is 7.81. The van der Waals surface area contributed by atoms with E-state index in [4.69, 9.17) is 10.5 Å². The molecule has 0 amide bonds. The first kappa shape index (κ1) is 13.8. The number of hydrogen-bond donors (Lipinski definition) is 1. The van der Waals surface area contributed by atoms with Crippen molar-refractivity contribution < 1.29 is 4.74 Å². The van der Waals surface area contributed by atoms with Gasteiger partial charge in [-0.05, 0) is 62.3 Å². The van der Waals surface area contributed by atoms with Crippen LogP contribution >= 0.6 is 11.8 Å². The molecular weight excluding hydrogens is 242 g/mol. The van der Waals surface area contributed by atoms with Gasteiger partial charge in [0, 0.05) is 5.54 Å². The fourth-order valence-electron chi connectivity index (χ4n) is 2.24. The number of thioether (sulfide) groups is 1. The van der Waals surface area contributed by atoms with Gasteiger partial charge in [-0.1, -0.05) is 12.1 Å². The minimum Gasteiger partial charge on any atom is -0.490 e. The maximum absolute atomic E-state index is 6.06. The van der Waals surface area contributed by atoms with Crippen LogP contribution in [0.3, 0.4) is 0 Å². The molecule has 3 heteroatoms. The first-order chi connectivity index (χ1) is 8.53. The summed E-state index contributed by atoms with van der Waals surface area (Å²) in [7, 11) is 0. The Morgan fingerprint density at radius 3 is 2.72 bits per heavy atom. The quantitative estimate of drug-likeness (QED) is 0.907. The van der Waals surface area contributed by atoms with Gasteiger partial charge in [0.1, 0.15) is 11.9 Å². The molecule has 2 nitrogen and oxygen atoms in total. The number of nitrogens with two attached hydrogens (primary N) is 1. The number of ether oxygens (including phenoxy) is 1. The predicted molar refractivity (Wildman–Crippen MR) is 79.4 cm³/mol. The molecule has 0 aromatic heterocycles. The summed E-state index contributed by atoms with van der Waals surface area (Å²) in [5.41, 5.74) is 7.15. The van der Waals surface area contributed by atoms with Gasteiger partial charge in [-0.3, -0.25) is 0 Å². The Labute approximate surface area is 114 Å². The van der Waals surface area contributed by atoms with Gasteiger partial charge in [0.25, 0.3) is 0 Å². The fourth-order valence-corrected chi connectivity index (χ4v) is 3.30. The van der Waals surface area contributed by atoms with Crippen molar-refractivity contribution in [2.45, 2.75) is 44.8 Å². The van der Waals surface area contributed by atoms with Crippen molar-refractivity contribution in [3.05, 3.63) is 29.8 Å². The van der Waals surface area contributed by atoms with E-state index in [0.717, 1.165) is 25.0 Å². The second-order valence-electron chi connectivity index (χ2n) is 5.74. The Morgan fingerprint density at radius 2 is 2.06 bits per heavy atom. The molecule has 2 N–H and O–H groups in total. The van der Waals surface area contributed by atoms with Gasteiger partial charge < -0.3 is 10.5 Å². The van der Waals surface area contributed by atoms with Crippen LogP contribution in [0.5, 0.6) is 5.75 Å². The highest BCUT2D eigenvalue weighted by Crippen LogP contribution is 2.24. The highest BCUT2D eigenvalue weighted by atomic mass is 32.2. The van der Waals surface area contributed by atoms with Crippen LogP contribution in [-0.4, -0.2) is 23.1 Å². The van der Waals surface area contributed by atoms with Crippen LogP contribution in [0.4, 0.5) is 0 Å². The van der Waals surface area contributed by atoms with Crippen molar-refractivity contribution in [2.75, 3.05) is 11.5 Å². The molecule has 1 fully saturated rings. The molecule has 0 unspecified atom stereocenters. The normalized spacial score (nSPS) is 17.7. The Morgan fingerprint density at radius 1 is 1.33 bits per heavy atom. The lowest BCUT2D eigenvalue weighted by atomic mass is 9.96. The summed E-state index contributed by atoms with van der Waals surface area (Å²) in [5.74, 6) is 3.44. The second-order valence-corrected chi connectivity index (χ2v) is 6.97. The second kappa shape index (κ2) is 5.98. The molecule has 1 aromatic carbocycles. The molecule has 1 aromatic rings. The van der Waals surface area contributed by atoms with Crippen LogP contribution < -0.4 is 10.5 Å². The standard InChI is InChI=1S/C15H23NOS/c1-15(2,16)11-12-4-3-5-14(10-12)17-13-6-8-18-9-7-13/h3-5,10,13H,6-9,11,16H2,1-2H3. The molecule has 0 spiro atoms. The van der Waals surface area contributed by atoms with Crippen molar-refractivity contribution >= 4 is 11.8 Å². The molecule has 18 heavy (non-hydrogen) atoms. The third-order valence-electron chi connectivity index (χ3n) is 3.03. The minimum atomic E-state index is -0.167. The van der Waals surface area contributed by atoms with Gasteiger partial charge in [0.2, 0.25) is 0 Å². The predicted octanol–water partition coefficient (Wildman–Crippen LogP) is 3.24. The number of hydrogen-bond acceptors (Lipinski definition) is 3.